The Balaban J connectivity index is 2.19. The predicted octanol–water partition coefficient (Wildman–Crippen LogP) is 1.49. The fourth-order valence-corrected chi connectivity index (χ4v) is 2.21. The molecule has 3 rings (SSSR count). The summed E-state index contributed by atoms with van der Waals surface area (Å²) in [6.07, 6.45) is 4.62. The Kier molecular flexibility index (Phi) is 2.57. The number of pyridine rings is 1. The molecule has 1 aliphatic heterocycles. The topological polar surface area (TPSA) is 50.7 Å². The Bertz CT molecular complexity index is 537. The van der Waals surface area contributed by atoms with Gasteiger partial charge in [-0.05, 0) is 19.1 Å². The van der Waals surface area contributed by atoms with E-state index in [-0.39, 0.29) is 0 Å². The van der Waals surface area contributed by atoms with E-state index >= 15 is 0 Å². The molecule has 2 aromatic rings. The SMILES string of the molecule is Cc1nc2c(c(-c3cccnc3)n1)CNCC2. The molecule has 3 heterocycles. The van der Waals surface area contributed by atoms with Gasteiger partial charge in [-0.3, -0.25) is 4.98 Å². The van der Waals surface area contributed by atoms with Gasteiger partial charge in [-0.15, -0.1) is 0 Å². The monoisotopic (exact) mass is 226 g/mol. The second-order valence-corrected chi connectivity index (χ2v) is 4.21. The summed E-state index contributed by atoms with van der Waals surface area (Å²) in [5.74, 6) is 0.838. The lowest BCUT2D eigenvalue weighted by Crippen LogP contribution is -2.26. The predicted molar refractivity (Wildman–Crippen MR) is 65.4 cm³/mol. The third-order valence-corrected chi connectivity index (χ3v) is 2.98. The van der Waals surface area contributed by atoms with Crippen molar-refractivity contribution in [2.45, 2.75) is 19.9 Å². The minimum atomic E-state index is 0.838. The van der Waals surface area contributed by atoms with E-state index in [1.165, 1.54) is 11.3 Å². The van der Waals surface area contributed by atoms with Crippen molar-refractivity contribution in [3.63, 3.8) is 0 Å². The van der Waals surface area contributed by atoms with E-state index in [1.54, 1.807) is 6.20 Å². The molecule has 0 atom stereocenters. The van der Waals surface area contributed by atoms with Crippen molar-refractivity contribution in [3.05, 3.63) is 41.6 Å². The fourth-order valence-electron chi connectivity index (χ4n) is 2.21. The van der Waals surface area contributed by atoms with Gasteiger partial charge in [-0.25, -0.2) is 9.97 Å². The Morgan fingerprint density at radius 2 is 2.24 bits per heavy atom. The van der Waals surface area contributed by atoms with Crippen LogP contribution in [0.1, 0.15) is 17.1 Å². The first-order valence-corrected chi connectivity index (χ1v) is 5.82. The van der Waals surface area contributed by atoms with Gasteiger partial charge in [0, 0.05) is 43.0 Å². The molecule has 0 radical (unpaired) electrons. The van der Waals surface area contributed by atoms with Gasteiger partial charge in [0.05, 0.1) is 11.4 Å². The van der Waals surface area contributed by atoms with Crippen molar-refractivity contribution >= 4 is 0 Å². The van der Waals surface area contributed by atoms with Crippen LogP contribution in [0.2, 0.25) is 0 Å². The molecule has 17 heavy (non-hydrogen) atoms. The minimum absolute atomic E-state index is 0.838. The van der Waals surface area contributed by atoms with Crippen LogP contribution in [-0.4, -0.2) is 21.5 Å². The summed E-state index contributed by atoms with van der Waals surface area (Å²) in [6, 6.07) is 3.99. The number of hydrogen-bond acceptors (Lipinski definition) is 4. The highest BCUT2D eigenvalue weighted by atomic mass is 14.9. The first-order valence-electron chi connectivity index (χ1n) is 5.82. The molecule has 0 saturated heterocycles. The van der Waals surface area contributed by atoms with Gasteiger partial charge < -0.3 is 5.32 Å². The largest absolute Gasteiger partial charge is 0.312 e. The summed E-state index contributed by atoms with van der Waals surface area (Å²) in [5, 5.41) is 3.37. The normalized spacial score (nSPS) is 14.4. The number of rotatable bonds is 1. The van der Waals surface area contributed by atoms with Crippen LogP contribution in [0.25, 0.3) is 11.3 Å². The van der Waals surface area contributed by atoms with Gasteiger partial charge >= 0.3 is 0 Å². The van der Waals surface area contributed by atoms with E-state index in [2.05, 4.69) is 20.3 Å². The molecule has 86 valence electrons. The highest BCUT2D eigenvalue weighted by molar-refractivity contribution is 5.63. The summed E-state index contributed by atoms with van der Waals surface area (Å²) in [5.41, 5.74) is 4.48. The second-order valence-electron chi connectivity index (χ2n) is 4.21. The minimum Gasteiger partial charge on any atom is -0.312 e. The molecule has 0 aromatic carbocycles. The average molecular weight is 226 g/mol. The summed E-state index contributed by atoms with van der Waals surface area (Å²) >= 11 is 0. The van der Waals surface area contributed by atoms with E-state index in [1.807, 2.05) is 25.3 Å². The summed E-state index contributed by atoms with van der Waals surface area (Å²) in [4.78, 5) is 13.3. The number of nitrogens with zero attached hydrogens (tertiary/aromatic N) is 3. The molecular weight excluding hydrogens is 212 g/mol. The molecule has 1 N–H and O–H groups in total. The number of aryl methyl sites for hydroxylation is 1. The highest BCUT2D eigenvalue weighted by Crippen LogP contribution is 2.24. The molecule has 0 unspecified atom stereocenters. The first kappa shape index (κ1) is 10.4. The zero-order valence-electron chi connectivity index (χ0n) is 9.77. The zero-order valence-corrected chi connectivity index (χ0v) is 9.77. The molecule has 0 spiro atoms. The highest BCUT2D eigenvalue weighted by Gasteiger charge is 2.17. The van der Waals surface area contributed by atoms with Gasteiger partial charge in [-0.2, -0.15) is 0 Å². The fraction of sp³-hybridized carbons (Fsp3) is 0.308. The molecule has 2 aromatic heterocycles. The van der Waals surface area contributed by atoms with Crippen LogP contribution in [0.4, 0.5) is 0 Å². The van der Waals surface area contributed by atoms with Crippen LogP contribution in [0.15, 0.2) is 24.5 Å². The number of hydrogen-bond donors (Lipinski definition) is 1. The Labute approximate surface area is 100 Å². The van der Waals surface area contributed by atoms with E-state index in [0.717, 1.165) is 36.6 Å². The van der Waals surface area contributed by atoms with Crippen LogP contribution in [0.5, 0.6) is 0 Å². The lowest BCUT2D eigenvalue weighted by Gasteiger charge is -2.19. The van der Waals surface area contributed by atoms with Gasteiger partial charge in [0.1, 0.15) is 5.82 Å². The van der Waals surface area contributed by atoms with E-state index < -0.39 is 0 Å². The number of aromatic nitrogens is 3. The van der Waals surface area contributed by atoms with Crippen LogP contribution in [-0.2, 0) is 13.0 Å². The molecule has 0 bridgehead atoms. The van der Waals surface area contributed by atoms with Gasteiger partial charge in [0.25, 0.3) is 0 Å². The smallest absolute Gasteiger partial charge is 0.126 e. The van der Waals surface area contributed by atoms with Crippen molar-refractivity contribution in [2.75, 3.05) is 6.54 Å². The molecule has 0 aliphatic carbocycles. The molecule has 0 amide bonds. The summed E-state index contributed by atoms with van der Waals surface area (Å²) < 4.78 is 0. The van der Waals surface area contributed by atoms with Crippen LogP contribution in [0, 0.1) is 6.92 Å². The summed E-state index contributed by atoms with van der Waals surface area (Å²) in [6.45, 7) is 3.79. The molecule has 0 saturated carbocycles. The lowest BCUT2D eigenvalue weighted by atomic mass is 10.0. The molecule has 4 heteroatoms. The van der Waals surface area contributed by atoms with Gasteiger partial charge in [0.2, 0.25) is 0 Å². The maximum absolute atomic E-state index is 4.57. The number of fused-ring (bicyclic) bond motifs is 1. The third kappa shape index (κ3) is 1.91. The maximum atomic E-state index is 4.57. The standard InChI is InChI=1S/C13H14N4/c1-9-16-12-4-6-15-8-11(12)13(17-9)10-3-2-5-14-7-10/h2-3,5,7,15H,4,6,8H2,1H3. The molecule has 0 fully saturated rings. The quantitative estimate of drug-likeness (QED) is 0.800. The Hall–Kier alpha value is -1.81. The third-order valence-electron chi connectivity index (χ3n) is 2.98. The second kappa shape index (κ2) is 4.22. The van der Waals surface area contributed by atoms with Crippen LogP contribution in [0.3, 0.4) is 0 Å². The Morgan fingerprint density at radius 3 is 3.06 bits per heavy atom. The first-order chi connectivity index (χ1) is 8.34. The average Bonchev–Trinajstić information content (AvgIpc) is 2.39. The Morgan fingerprint density at radius 1 is 1.29 bits per heavy atom. The lowest BCUT2D eigenvalue weighted by molar-refractivity contribution is 0.624. The number of nitrogens with one attached hydrogen (secondary N) is 1. The van der Waals surface area contributed by atoms with E-state index in [9.17, 15) is 0 Å². The van der Waals surface area contributed by atoms with Crippen molar-refractivity contribution in [1.29, 1.82) is 0 Å². The van der Waals surface area contributed by atoms with Crippen molar-refractivity contribution in [1.82, 2.24) is 20.3 Å². The van der Waals surface area contributed by atoms with Crippen molar-refractivity contribution in [3.8, 4) is 11.3 Å². The maximum Gasteiger partial charge on any atom is 0.126 e. The zero-order chi connectivity index (χ0) is 11.7. The van der Waals surface area contributed by atoms with Crippen molar-refractivity contribution < 1.29 is 0 Å². The van der Waals surface area contributed by atoms with E-state index in [4.69, 9.17) is 0 Å². The van der Waals surface area contributed by atoms with Crippen LogP contribution >= 0.6 is 0 Å². The molecule has 4 nitrogen and oxygen atoms in total. The van der Waals surface area contributed by atoms with Gasteiger partial charge in [-0.1, -0.05) is 0 Å². The van der Waals surface area contributed by atoms with Crippen molar-refractivity contribution in [2.24, 2.45) is 0 Å². The van der Waals surface area contributed by atoms with Crippen LogP contribution < -0.4 is 5.32 Å². The van der Waals surface area contributed by atoms with Gasteiger partial charge in [0.15, 0.2) is 0 Å². The molecular formula is C13H14N4. The summed E-state index contributed by atoms with van der Waals surface area (Å²) in [7, 11) is 0. The van der Waals surface area contributed by atoms with E-state index in [0.29, 0.717) is 0 Å². The molecule has 1 aliphatic rings.